The quantitative estimate of drug-likeness (QED) is 0.432. The Balaban J connectivity index is 2.13. The van der Waals surface area contributed by atoms with Crippen molar-refractivity contribution in [3.8, 4) is 0 Å². The van der Waals surface area contributed by atoms with Gasteiger partial charge in [-0.2, -0.15) is 0 Å². The third-order valence-electron chi connectivity index (χ3n) is 3.28. The van der Waals surface area contributed by atoms with Gasteiger partial charge in [-0.25, -0.2) is 15.4 Å². The van der Waals surface area contributed by atoms with Crippen LogP contribution in [0.2, 0.25) is 0 Å². The van der Waals surface area contributed by atoms with Crippen LogP contribution in [0.15, 0.2) is 24.3 Å². The molecule has 0 aliphatic rings. The molecule has 0 aliphatic heterocycles. The molecule has 1 heterocycles. The lowest BCUT2D eigenvalue weighted by molar-refractivity contribution is 0.650. The number of hydrogen-bond acceptors (Lipinski definition) is 4. The molecule has 6 heteroatoms. The number of thiazole rings is 1. The molecular formula is C16H24N4S2. The van der Waals surface area contributed by atoms with Crippen molar-refractivity contribution in [2.75, 3.05) is 18.1 Å². The van der Waals surface area contributed by atoms with Crippen molar-refractivity contribution in [2.45, 2.75) is 39.5 Å². The highest BCUT2D eigenvalue weighted by Gasteiger charge is 2.16. The van der Waals surface area contributed by atoms with Crippen LogP contribution in [0, 0.1) is 0 Å². The maximum atomic E-state index is 5.54. The molecule has 0 amide bonds. The van der Waals surface area contributed by atoms with E-state index in [1.54, 1.807) is 11.3 Å². The molecule has 0 saturated carbocycles. The van der Waals surface area contributed by atoms with E-state index < -0.39 is 0 Å². The van der Waals surface area contributed by atoms with E-state index in [9.17, 15) is 0 Å². The van der Waals surface area contributed by atoms with E-state index in [0.717, 1.165) is 49.4 Å². The summed E-state index contributed by atoms with van der Waals surface area (Å²) >= 11 is 7.20. The largest absolute Gasteiger partial charge is 0.361 e. The van der Waals surface area contributed by atoms with Gasteiger partial charge < -0.3 is 5.32 Å². The first-order valence-electron chi connectivity index (χ1n) is 7.93. The summed E-state index contributed by atoms with van der Waals surface area (Å²) in [5.41, 5.74) is 4.42. The molecule has 2 N–H and O–H groups in total. The van der Waals surface area contributed by atoms with Gasteiger partial charge in [0, 0.05) is 13.1 Å². The highest BCUT2D eigenvalue weighted by molar-refractivity contribution is 7.80. The summed E-state index contributed by atoms with van der Waals surface area (Å²) in [5.74, 6) is 0. The molecule has 22 heavy (non-hydrogen) atoms. The number of hydrogen-bond donors (Lipinski definition) is 2. The van der Waals surface area contributed by atoms with E-state index in [1.807, 2.05) is 23.2 Å². The van der Waals surface area contributed by atoms with Crippen LogP contribution >= 0.6 is 23.6 Å². The van der Waals surface area contributed by atoms with Crippen LogP contribution < -0.4 is 15.8 Å². The lowest BCUT2D eigenvalue weighted by Crippen LogP contribution is -2.49. The number of nitrogens with one attached hydrogen (secondary N) is 2. The predicted octanol–water partition coefficient (Wildman–Crippen LogP) is 4.08. The summed E-state index contributed by atoms with van der Waals surface area (Å²) < 4.78 is 1.18. The van der Waals surface area contributed by atoms with Crippen LogP contribution in [0.25, 0.3) is 10.2 Å². The highest BCUT2D eigenvalue weighted by Crippen LogP contribution is 2.27. The molecule has 2 rings (SSSR count). The first-order valence-corrected chi connectivity index (χ1v) is 9.15. The van der Waals surface area contributed by atoms with Crippen molar-refractivity contribution in [3.63, 3.8) is 0 Å². The van der Waals surface area contributed by atoms with E-state index in [4.69, 9.17) is 17.2 Å². The van der Waals surface area contributed by atoms with Crippen LogP contribution in [-0.2, 0) is 0 Å². The summed E-state index contributed by atoms with van der Waals surface area (Å²) in [7, 11) is 0. The Morgan fingerprint density at radius 2 is 1.91 bits per heavy atom. The number of rotatable bonds is 8. The van der Waals surface area contributed by atoms with Gasteiger partial charge in [-0.1, -0.05) is 50.2 Å². The SMILES string of the molecule is CCCCNC(=S)N(NCCCC)c1nc2ccccc2s1. The average molecular weight is 337 g/mol. The number of anilines is 1. The monoisotopic (exact) mass is 336 g/mol. The number of aromatic nitrogens is 1. The van der Waals surface area contributed by atoms with Crippen molar-refractivity contribution in [1.82, 2.24) is 15.7 Å². The average Bonchev–Trinajstić information content (AvgIpc) is 2.95. The minimum atomic E-state index is 0.698. The number of benzene rings is 1. The highest BCUT2D eigenvalue weighted by atomic mass is 32.1. The number of unbranched alkanes of at least 4 members (excludes halogenated alkanes) is 2. The van der Waals surface area contributed by atoms with Crippen LogP contribution in [0.3, 0.4) is 0 Å². The van der Waals surface area contributed by atoms with Gasteiger partial charge in [0.2, 0.25) is 5.13 Å². The lowest BCUT2D eigenvalue weighted by Gasteiger charge is -2.23. The van der Waals surface area contributed by atoms with Crippen LogP contribution in [0.5, 0.6) is 0 Å². The maximum absolute atomic E-state index is 5.54. The molecule has 0 unspecified atom stereocenters. The molecule has 0 fully saturated rings. The lowest BCUT2D eigenvalue weighted by atomic mass is 10.3. The van der Waals surface area contributed by atoms with E-state index in [0.29, 0.717) is 5.11 Å². The van der Waals surface area contributed by atoms with E-state index in [-0.39, 0.29) is 0 Å². The number of para-hydroxylation sites is 1. The van der Waals surface area contributed by atoms with Gasteiger partial charge >= 0.3 is 0 Å². The van der Waals surface area contributed by atoms with E-state index >= 15 is 0 Å². The fourth-order valence-electron chi connectivity index (χ4n) is 2.00. The van der Waals surface area contributed by atoms with Gasteiger partial charge in [0.05, 0.1) is 10.2 Å². The summed E-state index contributed by atoms with van der Waals surface area (Å²) in [4.78, 5) is 4.70. The Morgan fingerprint density at radius 3 is 2.64 bits per heavy atom. The zero-order valence-electron chi connectivity index (χ0n) is 13.3. The third-order valence-corrected chi connectivity index (χ3v) is 4.63. The number of fused-ring (bicyclic) bond motifs is 1. The Kier molecular flexibility index (Phi) is 7.02. The van der Waals surface area contributed by atoms with Crippen LogP contribution in [0.4, 0.5) is 5.13 Å². The van der Waals surface area contributed by atoms with E-state index in [1.165, 1.54) is 4.70 Å². The van der Waals surface area contributed by atoms with Gasteiger partial charge in [-0.05, 0) is 37.2 Å². The molecule has 0 saturated heterocycles. The van der Waals surface area contributed by atoms with Crippen molar-refractivity contribution in [3.05, 3.63) is 24.3 Å². The first-order chi connectivity index (χ1) is 10.8. The summed E-state index contributed by atoms with van der Waals surface area (Å²) in [6.45, 7) is 6.14. The molecule has 0 bridgehead atoms. The van der Waals surface area contributed by atoms with Gasteiger partial charge in [0.25, 0.3) is 0 Å². The summed E-state index contributed by atoms with van der Waals surface area (Å²) in [6, 6.07) is 8.18. The predicted molar refractivity (Wildman–Crippen MR) is 101 cm³/mol. The fraction of sp³-hybridized carbons (Fsp3) is 0.500. The van der Waals surface area contributed by atoms with Crippen LogP contribution in [-0.4, -0.2) is 23.2 Å². The van der Waals surface area contributed by atoms with Crippen LogP contribution in [0.1, 0.15) is 39.5 Å². The molecule has 1 aromatic heterocycles. The minimum Gasteiger partial charge on any atom is -0.361 e. The zero-order chi connectivity index (χ0) is 15.8. The van der Waals surface area contributed by atoms with Gasteiger partial charge in [0.1, 0.15) is 0 Å². The molecule has 0 atom stereocenters. The first kappa shape index (κ1) is 17.1. The Hall–Kier alpha value is -1.24. The van der Waals surface area contributed by atoms with Crippen molar-refractivity contribution in [2.24, 2.45) is 0 Å². The minimum absolute atomic E-state index is 0.698. The fourth-order valence-corrected chi connectivity index (χ4v) is 3.26. The maximum Gasteiger partial charge on any atom is 0.207 e. The number of nitrogens with zero attached hydrogens (tertiary/aromatic N) is 2. The molecular weight excluding hydrogens is 312 g/mol. The molecule has 2 aromatic rings. The van der Waals surface area contributed by atoms with Gasteiger partial charge in [-0.3, -0.25) is 0 Å². The number of hydrazine groups is 1. The second-order valence-corrected chi connectivity index (χ2v) is 6.54. The Morgan fingerprint density at radius 1 is 1.18 bits per heavy atom. The van der Waals surface area contributed by atoms with Gasteiger partial charge in [-0.15, -0.1) is 0 Å². The molecule has 4 nitrogen and oxygen atoms in total. The third kappa shape index (κ3) is 4.63. The zero-order valence-corrected chi connectivity index (χ0v) is 14.9. The Labute approximate surface area is 141 Å². The molecule has 1 aromatic carbocycles. The second-order valence-electron chi connectivity index (χ2n) is 5.15. The summed E-state index contributed by atoms with van der Waals surface area (Å²) in [6.07, 6.45) is 4.53. The van der Waals surface area contributed by atoms with Crippen molar-refractivity contribution in [1.29, 1.82) is 0 Å². The van der Waals surface area contributed by atoms with Crippen molar-refractivity contribution >= 4 is 44.0 Å². The Bertz CT molecular complexity index is 564. The second kappa shape index (κ2) is 9.02. The topological polar surface area (TPSA) is 40.2 Å². The van der Waals surface area contributed by atoms with Crippen molar-refractivity contribution < 1.29 is 0 Å². The van der Waals surface area contributed by atoms with E-state index in [2.05, 4.69) is 30.7 Å². The normalized spacial score (nSPS) is 10.8. The smallest absolute Gasteiger partial charge is 0.207 e. The molecule has 0 aliphatic carbocycles. The molecule has 120 valence electrons. The summed E-state index contributed by atoms with van der Waals surface area (Å²) in [5, 5.41) is 6.83. The number of thiocarbonyl (C=S) groups is 1. The van der Waals surface area contributed by atoms with Gasteiger partial charge in [0.15, 0.2) is 5.11 Å². The standard InChI is InChI=1S/C16H24N4S2/c1-3-5-11-17-15(21)20(18-12-6-4-2)16-19-13-9-7-8-10-14(13)22-16/h7-10,18H,3-6,11-12H2,1-2H3,(H,17,21). The molecule has 0 spiro atoms. The molecule has 0 radical (unpaired) electrons.